The molecule has 76 valence electrons. The van der Waals surface area contributed by atoms with Crippen LogP contribution in [0.15, 0.2) is 0 Å². The first-order valence-electron chi connectivity index (χ1n) is 3.93. The Hall–Kier alpha value is -0.750. The predicted octanol–water partition coefficient (Wildman–Crippen LogP) is -0.766. The first-order valence-corrected chi connectivity index (χ1v) is 5.22. The van der Waals surface area contributed by atoms with Gasteiger partial charge in [-0.3, -0.25) is 15.0 Å². The van der Waals surface area contributed by atoms with Crippen LogP contribution in [0.25, 0.3) is 0 Å². The van der Waals surface area contributed by atoms with E-state index in [-0.39, 0.29) is 0 Å². The number of thioether (sulfide) groups is 1. The highest BCUT2D eigenvalue weighted by molar-refractivity contribution is 7.99. The molecule has 13 heavy (non-hydrogen) atoms. The van der Waals surface area contributed by atoms with Crippen LogP contribution in [0.5, 0.6) is 0 Å². The van der Waals surface area contributed by atoms with E-state index in [1.807, 2.05) is 6.26 Å². The van der Waals surface area contributed by atoms with Gasteiger partial charge in [0.2, 0.25) is 0 Å². The van der Waals surface area contributed by atoms with Crippen LogP contribution in [0.3, 0.4) is 0 Å². The summed E-state index contributed by atoms with van der Waals surface area (Å²) in [6, 6.07) is 0. The van der Waals surface area contributed by atoms with Crippen molar-refractivity contribution in [3.05, 3.63) is 0 Å². The molecule has 0 radical (unpaired) electrons. The van der Waals surface area contributed by atoms with E-state index in [9.17, 15) is 9.59 Å². The third kappa shape index (κ3) is 5.48. The lowest BCUT2D eigenvalue weighted by Gasteiger charge is -2.08. The van der Waals surface area contributed by atoms with Crippen LogP contribution in [-0.4, -0.2) is 29.9 Å². The Balaban J connectivity index is 3.53. The average Bonchev–Trinajstić information content (AvgIpc) is 2.15. The number of amides is 2. The Bertz CT molecular complexity index is 187. The number of nitrogens with one attached hydrogen (secondary N) is 2. The number of nitrogens with two attached hydrogens (primary N) is 1. The Morgan fingerprint density at radius 1 is 1.46 bits per heavy atom. The molecule has 1 atom stereocenters. The van der Waals surface area contributed by atoms with Gasteiger partial charge in [0.25, 0.3) is 0 Å². The fourth-order valence-corrected chi connectivity index (χ4v) is 1.01. The summed E-state index contributed by atoms with van der Waals surface area (Å²) in [5.41, 5.74) is 1.76. The normalized spacial score (nSPS) is 11.9. The van der Waals surface area contributed by atoms with Gasteiger partial charge in [-0.1, -0.05) is 6.92 Å². The Morgan fingerprint density at radius 3 is 2.54 bits per heavy atom. The second-order valence-corrected chi connectivity index (χ2v) is 3.84. The second-order valence-electron chi connectivity index (χ2n) is 2.56. The molecular weight excluding hydrogens is 190 g/mol. The summed E-state index contributed by atoms with van der Waals surface area (Å²) < 4.78 is 0. The van der Waals surface area contributed by atoms with Gasteiger partial charge in [0.05, 0.1) is 0 Å². The van der Waals surface area contributed by atoms with Gasteiger partial charge >= 0.3 is 11.8 Å². The van der Waals surface area contributed by atoms with Crippen molar-refractivity contribution < 1.29 is 9.59 Å². The molecule has 0 rings (SSSR count). The van der Waals surface area contributed by atoms with Crippen molar-refractivity contribution in [2.75, 3.05) is 12.8 Å². The fraction of sp³-hybridized carbons (Fsp3) is 0.714. The number of hydrogen-bond donors (Lipinski definition) is 3. The highest BCUT2D eigenvalue weighted by atomic mass is 32.2. The molecule has 0 aromatic rings. The molecule has 0 fully saturated rings. The van der Waals surface area contributed by atoms with E-state index in [1.165, 1.54) is 0 Å². The zero-order valence-electron chi connectivity index (χ0n) is 7.79. The number of rotatable bonds is 4. The molecule has 0 bridgehead atoms. The molecule has 4 N–H and O–H groups in total. The molecule has 0 spiro atoms. The molecule has 2 amide bonds. The van der Waals surface area contributed by atoms with Gasteiger partial charge in [-0.2, -0.15) is 11.8 Å². The minimum Gasteiger partial charge on any atom is -0.348 e. The van der Waals surface area contributed by atoms with Crippen LogP contribution < -0.4 is 16.6 Å². The molecule has 6 heteroatoms. The number of carbonyl (C=O) groups excluding carboxylic acids is 2. The SMILES string of the molecule is CSC(C)CCNC(=O)C(=O)NN. The first-order chi connectivity index (χ1) is 6.11. The van der Waals surface area contributed by atoms with E-state index in [0.29, 0.717) is 11.8 Å². The van der Waals surface area contributed by atoms with Crippen LogP contribution in [-0.2, 0) is 9.59 Å². The summed E-state index contributed by atoms with van der Waals surface area (Å²) >= 11 is 1.71. The molecular formula is C7H15N3O2S. The second kappa shape index (κ2) is 6.73. The maximum absolute atomic E-state index is 10.8. The zero-order valence-corrected chi connectivity index (χ0v) is 8.61. The van der Waals surface area contributed by atoms with Gasteiger partial charge in [0, 0.05) is 11.8 Å². The zero-order chi connectivity index (χ0) is 10.3. The van der Waals surface area contributed by atoms with E-state index in [4.69, 9.17) is 5.84 Å². The lowest BCUT2D eigenvalue weighted by Crippen LogP contribution is -2.43. The van der Waals surface area contributed by atoms with Crippen LogP contribution in [0.1, 0.15) is 13.3 Å². The lowest BCUT2D eigenvalue weighted by atomic mass is 10.3. The quantitative estimate of drug-likeness (QED) is 0.244. The number of hydrogen-bond acceptors (Lipinski definition) is 4. The maximum Gasteiger partial charge on any atom is 0.323 e. The summed E-state index contributed by atoms with van der Waals surface area (Å²) in [5.74, 6) is 3.27. The minimum atomic E-state index is -0.809. The molecule has 0 aromatic heterocycles. The van der Waals surface area contributed by atoms with Crippen LogP contribution in [0.4, 0.5) is 0 Å². The lowest BCUT2D eigenvalue weighted by molar-refractivity contribution is -0.139. The first kappa shape index (κ1) is 12.2. The van der Waals surface area contributed by atoms with Gasteiger partial charge in [-0.05, 0) is 12.7 Å². The summed E-state index contributed by atoms with van der Waals surface area (Å²) in [6.07, 6.45) is 2.84. The highest BCUT2D eigenvalue weighted by Gasteiger charge is 2.10. The van der Waals surface area contributed by atoms with Crippen molar-refractivity contribution in [2.45, 2.75) is 18.6 Å². The number of carbonyl (C=O) groups is 2. The van der Waals surface area contributed by atoms with Crippen LogP contribution in [0, 0.1) is 0 Å². The van der Waals surface area contributed by atoms with E-state index < -0.39 is 11.8 Å². The molecule has 0 heterocycles. The van der Waals surface area contributed by atoms with E-state index >= 15 is 0 Å². The van der Waals surface area contributed by atoms with E-state index in [1.54, 1.807) is 17.2 Å². The Labute approximate surface area is 81.8 Å². The monoisotopic (exact) mass is 205 g/mol. The van der Waals surface area contributed by atoms with Crippen molar-refractivity contribution >= 4 is 23.6 Å². The topological polar surface area (TPSA) is 84.2 Å². The summed E-state index contributed by atoms with van der Waals surface area (Å²) in [5, 5.41) is 2.93. The van der Waals surface area contributed by atoms with Gasteiger partial charge in [0.1, 0.15) is 0 Å². The number of hydrazine groups is 1. The largest absolute Gasteiger partial charge is 0.348 e. The maximum atomic E-state index is 10.8. The van der Waals surface area contributed by atoms with Crippen molar-refractivity contribution in [1.82, 2.24) is 10.7 Å². The molecule has 0 aromatic carbocycles. The van der Waals surface area contributed by atoms with Crippen molar-refractivity contribution in [3.63, 3.8) is 0 Å². The summed E-state index contributed by atoms with van der Waals surface area (Å²) in [4.78, 5) is 21.4. The average molecular weight is 205 g/mol. The molecule has 0 aliphatic rings. The predicted molar refractivity (Wildman–Crippen MR) is 52.9 cm³/mol. The molecule has 0 aliphatic carbocycles. The van der Waals surface area contributed by atoms with Crippen LogP contribution >= 0.6 is 11.8 Å². The highest BCUT2D eigenvalue weighted by Crippen LogP contribution is 2.07. The van der Waals surface area contributed by atoms with Gasteiger partial charge in [0.15, 0.2) is 0 Å². The standard InChI is InChI=1S/C7H15N3O2S/c1-5(13-2)3-4-9-6(11)7(12)10-8/h5H,3-4,8H2,1-2H3,(H,9,11)(H,10,12). The molecule has 0 aliphatic heterocycles. The third-order valence-corrected chi connectivity index (χ3v) is 2.62. The van der Waals surface area contributed by atoms with Gasteiger partial charge in [-0.15, -0.1) is 0 Å². The molecule has 0 saturated heterocycles. The van der Waals surface area contributed by atoms with Crippen molar-refractivity contribution in [2.24, 2.45) is 5.84 Å². The molecule has 1 unspecified atom stereocenters. The van der Waals surface area contributed by atoms with E-state index in [0.717, 1.165) is 6.42 Å². The summed E-state index contributed by atoms with van der Waals surface area (Å²) in [7, 11) is 0. The summed E-state index contributed by atoms with van der Waals surface area (Å²) in [6.45, 7) is 2.55. The van der Waals surface area contributed by atoms with Gasteiger partial charge in [-0.25, -0.2) is 5.84 Å². The minimum absolute atomic E-state index is 0.473. The molecule has 5 nitrogen and oxygen atoms in total. The Kier molecular flexibility index (Phi) is 6.34. The van der Waals surface area contributed by atoms with Crippen molar-refractivity contribution in [1.29, 1.82) is 0 Å². The van der Waals surface area contributed by atoms with Crippen molar-refractivity contribution in [3.8, 4) is 0 Å². The Morgan fingerprint density at radius 2 is 2.08 bits per heavy atom. The fourth-order valence-electron chi connectivity index (χ4n) is 0.653. The third-order valence-electron chi connectivity index (χ3n) is 1.58. The smallest absolute Gasteiger partial charge is 0.323 e. The van der Waals surface area contributed by atoms with Crippen LogP contribution in [0.2, 0.25) is 0 Å². The van der Waals surface area contributed by atoms with E-state index in [2.05, 4.69) is 12.2 Å². The van der Waals surface area contributed by atoms with Gasteiger partial charge < -0.3 is 5.32 Å². The molecule has 0 saturated carbocycles.